The van der Waals surface area contributed by atoms with Crippen molar-refractivity contribution in [2.24, 2.45) is 11.8 Å². The first-order valence-electron chi connectivity index (χ1n) is 7.30. The molecule has 0 saturated heterocycles. The van der Waals surface area contributed by atoms with Crippen LogP contribution in [0, 0.1) is 17.7 Å². The first-order chi connectivity index (χ1) is 9.16. The van der Waals surface area contributed by atoms with E-state index in [1.807, 2.05) is 0 Å². The summed E-state index contributed by atoms with van der Waals surface area (Å²) in [6.07, 6.45) is 6.67. The van der Waals surface area contributed by atoms with Gasteiger partial charge in [-0.1, -0.05) is 49.9 Å². The second kappa shape index (κ2) is 7.25. The van der Waals surface area contributed by atoms with Gasteiger partial charge in [-0.2, -0.15) is 0 Å². The molecule has 2 rings (SSSR count). The predicted molar refractivity (Wildman–Crippen MR) is 78.9 cm³/mol. The van der Waals surface area contributed by atoms with Crippen LogP contribution in [0.2, 0.25) is 5.02 Å². The van der Waals surface area contributed by atoms with Gasteiger partial charge in [-0.15, -0.1) is 0 Å². The monoisotopic (exact) mass is 283 g/mol. The van der Waals surface area contributed by atoms with Crippen molar-refractivity contribution in [1.29, 1.82) is 0 Å². The number of halogens is 2. The summed E-state index contributed by atoms with van der Waals surface area (Å²) in [6, 6.07) is 5.17. The fourth-order valence-corrected chi connectivity index (χ4v) is 3.23. The Labute approximate surface area is 120 Å². The molecule has 0 aromatic heterocycles. The van der Waals surface area contributed by atoms with E-state index in [-0.39, 0.29) is 10.8 Å². The molecule has 0 spiro atoms. The molecule has 0 amide bonds. The summed E-state index contributed by atoms with van der Waals surface area (Å²) in [7, 11) is 0. The van der Waals surface area contributed by atoms with Gasteiger partial charge in [0.15, 0.2) is 0 Å². The van der Waals surface area contributed by atoms with Gasteiger partial charge in [-0.25, -0.2) is 4.39 Å². The second-order valence-corrected chi connectivity index (χ2v) is 6.22. The molecule has 0 aliphatic heterocycles. The Morgan fingerprint density at radius 2 is 2.21 bits per heavy atom. The zero-order chi connectivity index (χ0) is 13.7. The van der Waals surface area contributed by atoms with Crippen LogP contribution < -0.4 is 5.32 Å². The standard InChI is InChI=1S/C16H23ClFN/c1-12-4-2-5-13(10-12)8-9-19-11-14-6-3-7-15(17)16(14)18/h3,6-7,12-13,19H,2,4-5,8-11H2,1H3. The first kappa shape index (κ1) is 14.8. The van der Waals surface area contributed by atoms with Crippen LogP contribution >= 0.6 is 11.6 Å². The summed E-state index contributed by atoms with van der Waals surface area (Å²) < 4.78 is 13.7. The molecule has 1 saturated carbocycles. The molecule has 0 radical (unpaired) electrons. The number of rotatable bonds is 5. The minimum Gasteiger partial charge on any atom is -0.313 e. The molecule has 2 atom stereocenters. The van der Waals surface area contributed by atoms with Crippen molar-refractivity contribution in [3.8, 4) is 0 Å². The van der Waals surface area contributed by atoms with Crippen LogP contribution in [-0.4, -0.2) is 6.54 Å². The van der Waals surface area contributed by atoms with Crippen molar-refractivity contribution in [2.45, 2.75) is 45.6 Å². The van der Waals surface area contributed by atoms with E-state index in [1.54, 1.807) is 18.2 Å². The lowest BCUT2D eigenvalue weighted by atomic mass is 9.81. The number of hydrogen-bond donors (Lipinski definition) is 1. The van der Waals surface area contributed by atoms with E-state index in [0.29, 0.717) is 12.1 Å². The van der Waals surface area contributed by atoms with Crippen LogP contribution in [0.3, 0.4) is 0 Å². The van der Waals surface area contributed by atoms with Gasteiger partial charge in [0.25, 0.3) is 0 Å². The molecule has 106 valence electrons. The molecule has 0 bridgehead atoms. The third-order valence-corrected chi connectivity index (χ3v) is 4.41. The third kappa shape index (κ3) is 4.47. The van der Waals surface area contributed by atoms with E-state index in [4.69, 9.17) is 11.6 Å². The van der Waals surface area contributed by atoms with Crippen molar-refractivity contribution >= 4 is 11.6 Å². The fraction of sp³-hybridized carbons (Fsp3) is 0.625. The van der Waals surface area contributed by atoms with Crippen LogP contribution in [0.1, 0.15) is 44.6 Å². The molecule has 2 unspecified atom stereocenters. The van der Waals surface area contributed by atoms with Gasteiger partial charge in [-0.05, 0) is 37.3 Å². The van der Waals surface area contributed by atoms with Gasteiger partial charge in [0.05, 0.1) is 5.02 Å². The molecular weight excluding hydrogens is 261 g/mol. The van der Waals surface area contributed by atoms with Gasteiger partial charge in [0, 0.05) is 12.1 Å². The summed E-state index contributed by atoms with van der Waals surface area (Å²) in [4.78, 5) is 0. The summed E-state index contributed by atoms with van der Waals surface area (Å²) in [5.74, 6) is 1.44. The van der Waals surface area contributed by atoms with Crippen molar-refractivity contribution in [3.05, 3.63) is 34.6 Å². The Hall–Kier alpha value is -0.600. The van der Waals surface area contributed by atoms with Gasteiger partial charge >= 0.3 is 0 Å². The van der Waals surface area contributed by atoms with E-state index >= 15 is 0 Å². The fourth-order valence-electron chi connectivity index (χ4n) is 3.04. The molecule has 0 heterocycles. The van der Waals surface area contributed by atoms with E-state index in [1.165, 1.54) is 32.1 Å². The quantitative estimate of drug-likeness (QED) is 0.767. The van der Waals surface area contributed by atoms with Gasteiger partial charge in [0.2, 0.25) is 0 Å². The van der Waals surface area contributed by atoms with Crippen molar-refractivity contribution in [3.63, 3.8) is 0 Å². The molecule has 1 N–H and O–H groups in total. The first-order valence-corrected chi connectivity index (χ1v) is 7.68. The lowest BCUT2D eigenvalue weighted by molar-refractivity contribution is 0.267. The zero-order valence-electron chi connectivity index (χ0n) is 11.6. The minimum atomic E-state index is -0.289. The summed E-state index contributed by atoms with van der Waals surface area (Å²) in [5.41, 5.74) is 0.657. The third-order valence-electron chi connectivity index (χ3n) is 4.12. The summed E-state index contributed by atoms with van der Waals surface area (Å²) in [6.45, 7) is 3.87. The lowest BCUT2D eigenvalue weighted by Crippen LogP contribution is -2.21. The van der Waals surface area contributed by atoms with Crippen LogP contribution in [0.25, 0.3) is 0 Å². The molecule has 1 aliphatic rings. The number of benzene rings is 1. The average molecular weight is 284 g/mol. The molecule has 1 aromatic rings. The SMILES string of the molecule is CC1CCCC(CCNCc2cccc(Cl)c2F)C1. The summed E-state index contributed by atoms with van der Waals surface area (Å²) in [5, 5.41) is 3.54. The van der Waals surface area contributed by atoms with Crippen LogP contribution in [0.4, 0.5) is 4.39 Å². The van der Waals surface area contributed by atoms with Crippen LogP contribution in [-0.2, 0) is 6.54 Å². The van der Waals surface area contributed by atoms with Crippen molar-refractivity contribution in [1.82, 2.24) is 5.32 Å². The maximum absolute atomic E-state index is 13.7. The molecule has 1 fully saturated rings. The van der Waals surface area contributed by atoms with Crippen molar-refractivity contribution in [2.75, 3.05) is 6.54 Å². The highest BCUT2D eigenvalue weighted by Gasteiger charge is 2.18. The predicted octanol–water partition coefficient (Wildman–Crippen LogP) is 4.79. The van der Waals surface area contributed by atoms with E-state index in [9.17, 15) is 4.39 Å². The highest BCUT2D eigenvalue weighted by Crippen LogP contribution is 2.30. The number of hydrogen-bond acceptors (Lipinski definition) is 1. The maximum atomic E-state index is 13.7. The largest absolute Gasteiger partial charge is 0.313 e. The van der Waals surface area contributed by atoms with Crippen LogP contribution in [0.15, 0.2) is 18.2 Å². The lowest BCUT2D eigenvalue weighted by Gasteiger charge is -2.26. The molecule has 1 aromatic carbocycles. The minimum absolute atomic E-state index is 0.209. The van der Waals surface area contributed by atoms with Crippen molar-refractivity contribution < 1.29 is 4.39 Å². The Morgan fingerprint density at radius 1 is 1.37 bits per heavy atom. The Bertz CT molecular complexity index is 408. The van der Waals surface area contributed by atoms with Crippen LogP contribution in [0.5, 0.6) is 0 Å². The topological polar surface area (TPSA) is 12.0 Å². The molecule has 1 nitrogen and oxygen atoms in total. The average Bonchev–Trinajstić information content (AvgIpc) is 2.39. The Morgan fingerprint density at radius 3 is 3.00 bits per heavy atom. The number of nitrogens with one attached hydrogen (secondary N) is 1. The maximum Gasteiger partial charge on any atom is 0.146 e. The van der Waals surface area contributed by atoms with Gasteiger partial charge < -0.3 is 5.32 Å². The van der Waals surface area contributed by atoms with Gasteiger partial charge in [-0.3, -0.25) is 0 Å². The normalized spacial score (nSPS) is 23.5. The second-order valence-electron chi connectivity index (χ2n) is 5.82. The molecule has 1 aliphatic carbocycles. The highest BCUT2D eigenvalue weighted by molar-refractivity contribution is 6.30. The Kier molecular flexibility index (Phi) is 5.65. The zero-order valence-corrected chi connectivity index (χ0v) is 12.3. The molecule has 3 heteroatoms. The van der Waals surface area contributed by atoms with E-state index in [0.717, 1.165) is 18.4 Å². The van der Waals surface area contributed by atoms with Gasteiger partial charge in [0.1, 0.15) is 5.82 Å². The molecular formula is C16H23ClFN. The van der Waals surface area contributed by atoms with E-state index < -0.39 is 0 Å². The Balaban J connectivity index is 1.70. The highest BCUT2D eigenvalue weighted by atomic mass is 35.5. The van der Waals surface area contributed by atoms with E-state index in [2.05, 4.69) is 12.2 Å². The summed E-state index contributed by atoms with van der Waals surface area (Å²) >= 11 is 5.76. The smallest absolute Gasteiger partial charge is 0.146 e. The molecule has 19 heavy (non-hydrogen) atoms.